The smallest absolute Gasteiger partial charge is 0.340 e. The predicted molar refractivity (Wildman–Crippen MR) is 78.9 cm³/mol. The molecule has 0 spiro atoms. The van der Waals surface area contributed by atoms with Gasteiger partial charge in [-0.25, -0.2) is 13.9 Å². The molecule has 2 heterocycles. The molecule has 0 aliphatic carbocycles. The van der Waals surface area contributed by atoms with Gasteiger partial charge in [0, 0.05) is 18.0 Å². The Hall–Kier alpha value is -3.09. The molecular formula is C16H13FN4O2. The quantitative estimate of drug-likeness (QED) is 0.676. The lowest BCUT2D eigenvalue weighted by molar-refractivity contribution is 0.0467. The number of carbonyl (C=O) groups excluding carboxylic acids is 1. The van der Waals surface area contributed by atoms with Gasteiger partial charge in [-0.1, -0.05) is 23.4 Å². The van der Waals surface area contributed by atoms with Crippen LogP contribution in [0.15, 0.2) is 55.0 Å². The molecule has 0 saturated heterocycles. The summed E-state index contributed by atoms with van der Waals surface area (Å²) in [4.78, 5) is 15.6. The first kappa shape index (κ1) is 14.8. The van der Waals surface area contributed by atoms with E-state index in [2.05, 4.69) is 15.3 Å². The Balaban J connectivity index is 1.60. The molecule has 2 aromatic heterocycles. The van der Waals surface area contributed by atoms with Gasteiger partial charge in [0.15, 0.2) is 0 Å². The van der Waals surface area contributed by atoms with Crippen molar-refractivity contribution in [3.05, 3.63) is 77.6 Å². The number of hydrogen-bond donors (Lipinski definition) is 0. The fraction of sp³-hybridized carbons (Fsp3) is 0.125. The van der Waals surface area contributed by atoms with Crippen molar-refractivity contribution in [2.24, 2.45) is 0 Å². The second-order valence-corrected chi connectivity index (χ2v) is 4.82. The summed E-state index contributed by atoms with van der Waals surface area (Å²) in [6.45, 7) is 0.251. The summed E-state index contributed by atoms with van der Waals surface area (Å²) < 4.78 is 20.2. The molecule has 3 rings (SSSR count). The number of rotatable bonds is 5. The van der Waals surface area contributed by atoms with Crippen LogP contribution in [0.25, 0.3) is 0 Å². The maximum Gasteiger partial charge on any atom is 0.340 e. The van der Waals surface area contributed by atoms with E-state index in [1.54, 1.807) is 42.7 Å². The van der Waals surface area contributed by atoms with Crippen molar-refractivity contribution in [2.45, 2.75) is 13.2 Å². The van der Waals surface area contributed by atoms with Gasteiger partial charge in [0.1, 0.15) is 18.1 Å². The largest absolute Gasteiger partial charge is 0.455 e. The highest BCUT2D eigenvalue weighted by molar-refractivity contribution is 5.88. The van der Waals surface area contributed by atoms with Crippen LogP contribution in [0.3, 0.4) is 0 Å². The van der Waals surface area contributed by atoms with E-state index in [1.165, 1.54) is 16.9 Å². The van der Waals surface area contributed by atoms with Crippen LogP contribution in [0, 0.1) is 5.82 Å². The first-order valence-corrected chi connectivity index (χ1v) is 6.92. The van der Waals surface area contributed by atoms with Crippen LogP contribution in [0.4, 0.5) is 4.39 Å². The number of aromatic nitrogens is 4. The first-order valence-electron chi connectivity index (χ1n) is 6.92. The molecule has 23 heavy (non-hydrogen) atoms. The summed E-state index contributed by atoms with van der Waals surface area (Å²) in [7, 11) is 0. The molecule has 0 radical (unpaired) electrons. The summed E-state index contributed by atoms with van der Waals surface area (Å²) in [6, 6.07) is 9.73. The van der Waals surface area contributed by atoms with Crippen LogP contribution in [0.1, 0.15) is 21.6 Å². The number of hydrogen-bond acceptors (Lipinski definition) is 5. The zero-order valence-corrected chi connectivity index (χ0v) is 12.1. The van der Waals surface area contributed by atoms with Gasteiger partial charge in [-0.3, -0.25) is 4.98 Å². The number of halogens is 1. The van der Waals surface area contributed by atoms with Crippen molar-refractivity contribution >= 4 is 5.97 Å². The molecule has 0 fully saturated rings. The minimum atomic E-state index is -0.484. The standard InChI is InChI=1S/C16H13FN4O2/c17-15-6-2-1-4-13(15)9-21-10-14(19-20-21)11-23-16(22)12-5-3-7-18-8-12/h1-8,10H,9,11H2. The maximum atomic E-state index is 13.6. The molecule has 0 bridgehead atoms. The van der Waals surface area contributed by atoms with Crippen molar-refractivity contribution in [1.82, 2.24) is 20.0 Å². The number of carbonyl (C=O) groups is 1. The minimum absolute atomic E-state index is 0.00893. The Morgan fingerprint density at radius 1 is 1.22 bits per heavy atom. The van der Waals surface area contributed by atoms with Crippen molar-refractivity contribution in [3.63, 3.8) is 0 Å². The van der Waals surface area contributed by atoms with Gasteiger partial charge >= 0.3 is 5.97 Å². The Bertz CT molecular complexity index is 805. The van der Waals surface area contributed by atoms with Crippen LogP contribution >= 0.6 is 0 Å². The predicted octanol–water partition coefficient (Wildman–Crippen LogP) is 2.22. The summed E-state index contributed by atoms with van der Waals surface area (Å²) >= 11 is 0. The van der Waals surface area contributed by atoms with E-state index in [9.17, 15) is 9.18 Å². The molecule has 0 aliphatic rings. The van der Waals surface area contributed by atoms with E-state index in [4.69, 9.17) is 4.74 Å². The highest BCUT2D eigenvalue weighted by atomic mass is 19.1. The van der Waals surface area contributed by atoms with Crippen molar-refractivity contribution in [2.75, 3.05) is 0 Å². The fourth-order valence-electron chi connectivity index (χ4n) is 1.99. The van der Waals surface area contributed by atoms with Crippen LogP contribution in [-0.4, -0.2) is 25.9 Å². The Morgan fingerprint density at radius 3 is 2.87 bits per heavy atom. The normalized spacial score (nSPS) is 10.5. The second-order valence-electron chi connectivity index (χ2n) is 4.82. The van der Waals surface area contributed by atoms with Crippen LogP contribution < -0.4 is 0 Å². The van der Waals surface area contributed by atoms with Gasteiger partial charge in [-0.15, -0.1) is 5.10 Å². The molecule has 1 aromatic carbocycles. The zero-order chi connectivity index (χ0) is 16.1. The van der Waals surface area contributed by atoms with Crippen LogP contribution in [0.5, 0.6) is 0 Å². The molecule has 7 heteroatoms. The SMILES string of the molecule is O=C(OCc1cn(Cc2ccccc2F)nn1)c1cccnc1. The average Bonchev–Trinajstić information content (AvgIpc) is 3.03. The number of nitrogens with zero attached hydrogens (tertiary/aromatic N) is 4. The molecule has 116 valence electrons. The van der Waals surface area contributed by atoms with E-state index < -0.39 is 5.97 Å². The third-order valence-electron chi connectivity index (χ3n) is 3.12. The number of ether oxygens (including phenoxy) is 1. The fourth-order valence-corrected chi connectivity index (χ4v) is 1.99. The van der Waals surface area contributed by atoms with Crippen LogP contribution in [-0.2, 0) is 17.9 Å². The van der Waals surface area contributed by atoms with Crippen molar-refractivity contribution in [3.8, 4) is 0 Å². The Morgan fingerprint density at radius 2 is 2.09 bits per heavy atom. The number of esters is 1. The minimum Gasteiger partial charge on any atom is -0.455 e. The lowest BCUT2D eigenvalue weighted by Gasteiger charge is -2.02. The van der Waals surface area contributed by atoms with E-state index in [1.807, 2.05) is 0 Å². The molecule has 6 nitrogen and oxygen atoms in total. The van der Waals surface area contributed by atoms with Gasteiger partial charge in [0.25, 0.3) is 0 Å². The van der Waals surface area contributed by atoms with Gasteiger partial charge < -0.3 is 4.74 Å². The molecule has 0 saturated carbocycles. The Kier molecular flexibility index (Phi) is 4.37. The first-order chi connectivity index (χ1) is 11.2. The second kappa shape index (κ2) is 6.78. The van der Waals surface area contributed by atoms with E-state index in [0.717, 1.165) is 0 Å². The lowest BCUT2D eigenvalue weighted by atomic mass is 10.2. The van der Waals surface area contributed by atoms with Gasteiger partial charge in [-0.2, -0.15) is 0 Å². The zero-order valence-electron chi connectivity index (χ0n) is 12.1. The third kappa shape index (κ3) is 3.76. The molecule has 0 unspecified atom stereocenters. The number of pyridine rings is 1. The van der Waals surface area contributed by atoms with Crippen molar-refractivity contribution < 1.29 is 13.9 Å². The highest BCUT2D eigenvalue weighted by Gasteiger charge is 2.09. The van der Waals surface area contributed by atoms with Gasteiger partial charge in [0.05, 0.1) is 18.3 Å². The van der Waals surface area contributed by atoms with E-state index in [0.29, 0.717) is 16.8 Å². The Labute approximate surface area is 131 Å². The molecule has 0 N–H and O–H groups in total. The summed E-state index contributed by atoms with van der Waals surface area (Å²) in [5.74, 6) is -0.783. The van der Waals surface area contributed by atoms with Gasteiger partial charge in [0.2, 0.25) is 0 Å². The maximum absolute atomic E-state index is 13.6. The van der Waals surface area contributed by atoms with E-state index >= 15 is 0 Å². The molecule has 0 amide bonds. The van der Waals surface area contributed by atoms with Crippen LogP contribution in [0.2, 0.25) is 0 Å². The summed E-state index contributed by atoms with van der Waals surface area (Å²) in [6.07, 6.45) is 4.62. The topological polar surface area (TPSA) is 69.9 Å². The average molecular weight is 312 g/mol. The molecule has 0 aliphatic heterocycles. The van der Waals surface area contributed by atoms with Crippen molar-refractivity contribution in [1.29, 1.82) is 0 Å². The number of benzene rings is 1. The monoisotopic (exact) mass is 312 g/mol. The van der Waals surface area contributed by atoms with Gasteiger partial charge in [-0.05, 0) is 18.2 Å². The molecule has 3 aromatic rings. The van der Waals surface area contributed by atoms with E-state index in [-0.39, 0.29) is 19.0 Å². The lowest BCUT2D eigenvalue weighted by Crippen LogP contribution is -2.05. The summed E-state index contributed by atoms with van der Waals surface area (Å²) in [5, 5.41) is 7.80. The summed E-state index contributed by atoms with van der Waals surface area (Å²) in [5.41, 5.74) is 1.36. The highest BCUT2D eigenvalue weighted by Crippen LogP contribution is 2.09. The third-order valence-corrected chi connectivity index (χ3v) is 3.12. The molecular weight excluding hydrogens is 299 g/mol. The molecule has 0 atom stereocenters.